The molecule has 204 valence electrons. The number of para-hydroxylation sites is 2. The predicted octanol–water partition coefficient (Wildman–Crippen LogP) is 10.2. The lowest BCUT2D eigenvalue weighted by molar-refractivity contribution is 0.629. The molecule has 0 bridgehead atoms. The molecule has 5 nitrogen and oxygen atoms in total. The van der Waals surface area contributed by atoms with Crippen molar-refractivity contribution in [1.29, 1.82) is 10.5 Å². The highest BCUT2D eigenvalue weighted by Crippen LogP contribution is 2.53. The van der Waals surface area contributed by atoms with E-state index in [1.165, 1.54) is 0 Å². The van der Waals surface area contributed by atoms with Gasteiger partial charge in [-0.1, -0.05) is 49.4 Å². The molecule has 3 aromatic heterocycles. The van der Waals surface area contributed by atoms with Crippen LogP contribution in [0.15, 0.2) is 111 Å². The number of benzene rings is 5. The van der Waals surface area contributed by atoms with Crippen molar-refractivity contribution in [2.24, 2.45) is 5.92 Å². The van der Waals surface area contributed by atoms with Crippen LogP contribution >= 0.6 is 0 Å². The summed E-state index contributed by atoms with van der Waals surface area (Å²) in [7, 11) is 0. The molecule has 2 unspecified atom stereocenters. The third-order valence-corrected chi connectivity index (χ3v) is 9.66. The number of hydrogen-bond acceptors (Lipinski definition) is 4. The number of rotatable bonds is 0. The summed E-state index contributed by atoms with van der Waals surface area (Å²) in [5, 5.41) is 26.4. The van der Waals surface area contributed by atoms with Gasteiger partial charge in [-0.3, -0.25) is 0 Å². The van der Waals surface area contributed by atoms with E-state index in [1.807, 2.05) is 42.5 Å². The SMILES string of the molecule is CC1C=C(C#N)C=C2C1c1cc3c(cc1-c1cc(C#N)cc4c5ccccc5n2c14)oc1c3ccc2c3ccccc3oc21. The van der Waals surface area contributed by atoms with Gasteiger partial charge in [0.05, 0.1) is 34.3 Å². The molecule has 1 aliphatic carbocycles. The maximum Gasteiger partial charge on any atom is 0.178 e. The zero-order chi connectivity index (χ0) is 29.3. The number of fused-ring (bicyclic) bond motifs is 15. The second kappa shape index (κ2) is 8.07. The van der Waals surface area contributed by atoms with Crippen LogP contribution in [0.25, 0.3) is 82.5 Å². The van der Waals surface area contributed by atoms with Crippen molar-refractivity contribution in [2.75, 3.05) is 0 Å². The van der Waals surface area contributed by atoms with Crippen molar-refractivity contribution in [1.82, 2.24) is 4.57 Å². The Kier molecular flexibility index (Phi) is 4.31. The molecule has 0 spiro atoms. The molecule has 5 aromatic carbocycles. The van der Waals surface area contributed by atoms with Gasteiger partial charge in [0.1, 0.15) is 11.2 Å². The van der Waals surface area contributed by atoms with Crippen LogP contribution < -0.4 is 0 Å². The Hall–Kier alpha value is -6.04. The Labute approximate surface area is 250 Å². The van der Waals surface area contributed by atoms with E-state index in [2.05, 4.69) is 78.2 Å². The summed E-state index contributed by atoms with van der Waals surface area (Å²) >= 11 is 0. The highest BCUT2D eigenvalue weighted by atomic mass is 16.4. The van der Waals surface area contributed by atoms with Crippen molar-refractivity contribution >= 4 is 71.4 Å². The van der Waals surface area contributed by atoms with E-state index in [0.717, 1.165) is 88.1 Å². The number of allylic oxidation sites excluding steroid dienone is 4. The van der Waals surface area contributed by atoms with Crippen LogP contribution in [-0.2, 0) is 0 Å². The second-order valence-electron chi connectivity index (χ2n) is 12.0. The average Bonchev–Trinajstić information content (AvgIpc) is 3.70. The molecule has 1 aliphatic heterocycles. The minimum absolute atomic E-state index is 0.0247. The lowest BCUT2D eigenvalue weighted by atomic mass is 9.77. The lowest BCUT2D eigenvalue weighted by Crippen LogP contribution is -2.17. The normalized spacial score (nSPS) is 17.4. The van der Waals surface area contributed by atoms with Crippen LogP contribution in [0.3, 0.4) is 0 Å². The summed E-state index contributed by atoms with van der Waals surface area (Å²) in [6, 6.07) is 33.9. The van der Waals surface area contributed by atoms with E-state index in [4.69, 9.17) is 8.83 Å². The largest absolute Gasteiger partial charge is 0.452 e. The molecular formula is C39H21N3O2. The third kappa shape index (κ3) is 2.81. The minimum atomic E-state index is -0.0247. The van der Waals surface area contributed by atoms with Crippen LogP contribution in [0.2, 0.25) is 0 Å². The monoisotopic (exact) mass is 563 g/mol. The van der Waals surface area contributed by atoms with Gasteiger partial charge in [-0.2, -0.15) is 10.5 Å². The van der Waals surface area contributed by atoms with Crippen LogP contribution in [-0.4, -0.2) is 4.57 Å². The zero-order valence-corrected chi connectivity index (χ0v) is 23.6. The van der Waals surface area contributed by atoms with E-state index in [-0.39, 0.29) is 11.8 Å². The fraction of sp³-hybridized carbons (Fsp3) is 0.0769. The Morgan fingerprint density at radius 3 is 2.25 bits per heavy atom. The van der Waals surface area contributed by atoms with Crippen LogP contribution in [0.1, 0.15) is 24.0 Å². The summed E-state index contributed by atoms with van der Waals surface area (Å²) < 4.78 is 15.3. The zero-order valence-electron chi connectivity index (χ0n) is 23.6. The number of furan rings is 2. The van der Waals surface area contributed by atoms with E-state index in [0.29, 0.717) is 11.1 Å². The fourth-order valence-corrected chi connectivity index (χ4v) is 7.87. The molecule has 0 saturated heterocycles. The summed E-state index contributed by atoms with van der Waals surface area (Å²) in [5.41, 5.74) is 10.7. The smallest absolute Gasteiger partial charge is 0.178 e. The molecule has 4 heterocycles. The first-order valence-corrected chi connectivity index (χ1v) is 14.7. The Balaban J connectivity index is 1.39. The van der Waals surface area contributed by atoms with Gasteiger partial charge in [0, 0.05) is 49.5 Å². The van der Waals surface area contributed by atoms with Crippen molar-refractivity contribution < 1.29 is 8.83 Å². The first-order chi connectivity index (χ1) is 21.6. The fourth-order valence-electron chi connectivity index (χ4n) is 7.87. The number of nitriles is 2. The molecule has 0 N–H and O–H groups in total. The molecule has 0 saturated carbocycles. The van der Waals surface area contributed by atoms with Crippen LogP contribution in [0, 0.1) is 28.6 Å². The molecule has 0 radical (unpaired) electrons. The topological polar surface area (TPSA) is 78.8 Å². The van der Waals surface area contributed by atoms with Gasteiger partial charge in [-0.15, -0.1) is 0 Å². The van der Waals surface area contributed by atoms with Gasteiger partial charge < -0.3 is 13.4 Å². The molecule has 2 aliphatic rings. The van der Waals surface area contributed by atoms with E-state index >= 15 is 0 Å². The number of hydrogen-bond donors (Lipinski definition) is 0. The predicted molar refractivity (Wildman–Crippen MR) is 174 cm³/mol. The summed E-state index contributed by atoms with van der Waals surface area (Å²) in [6.45, 7) is 2.19. The van der Waals surface area contributed by atoms with Crippen molar-refractivity contribution in [3.05, 3.63) is 114 Å². The third-order valence-electron chi connectivity index (χ3n) is 9.66. The highest BCUT2D eigenvalue weighted by molar-refractivity contribution is 6.21. The summed E-state index contributed by atoms with van der Waals surface area (Å²) in [6.07, 6.45) is 4.12. The first kappa shape index (κ1) is 23.5. The first-order valence-electron chi connectivity index (χ1n) is 14.7. The molecule has 5 heteroatoms. The molecule has 0 amide bonds. The van der Waals surface area contributed by atoms with Gasteiger partial charge in [0.15, 0.2) is 11.2 Å². The molecule has 44 heavy (non-hydrogen) atoms. The maximum absolute atomic E-state index is 10.1. The average molecular weight is 564 g/mol. The number of aromatic nitrogens is 1. The van der Waals surface area contributed by atoms with Gasteiger partial charge >= 0.3 is 0 Å². The van der Waals surface area contributed by atoms with Crippen LogP contribution in [0.5, 0.6) is 0 Å². The van der Waals surface area contributed by atoms with E-state index < -0.39 is 0 Å². The second-order valence-corrected chi connectivity index (χ2v) is 12.0. The lowest BCUT2D eigenvalue weighted by Gasteiger charge is -2.29. The highest BCUT2D eigenvalue weighted by Gasteiger charge is 2.36. The molecular weight excluding hydrogens is 542 g/mol. The van der Waals surface area contributed by atoms with Gasteiger partial charge in [-0.05, 0) is 71.7 Å². The quantitative estimate of drug-likeness (QED) is 0.184. The molecule has 0 fully saturated rings. The number of nitrogens with zero attached hydrogens (tertiary/aromatic N) is 3. The van der Waals surface area contributed by atoms with Gasteiger partial charge in [-0.25, -0.2) is 0 Å². The maximum atomic E-state index is 10.1. The summed E-state index contributed by atoms with van der Waals surface area (Å²) in [5.74, 6) is 0.0328. The van der Waals surface area contributed by atoms with Gasteiger partial charge in [0.25, 0.3) is 0 Å². The van der Waals surface area contributed by atoms with Crippen molar-refractivity contribution in [3.63, 3.8) is 0 Å². The molecule has 2 atom stereocenters. The van der Waals surface area contributed by atoms with E-state index in [9.17, 15) is 10.5 Å². The van der Waals surface area contributed by atoms with Crippen LogP contribution in [0.4, 0.5) is 0 Å². The Morgan fingerprint density at radius 1 is 0.682 bits per heavy atom. The van der Waals surface area contributed by atoms with E-state index in [1.54, 1.807) is 0 Å². The molecule has 8 aromatic rings. The Morgan fingerprint density at radius 2 is 1.43 bits per heavy atom. The van der Waals surface area contributed by atoms with Gasteiger partial charge in [0.2, 0.25) is 0 Å². The van der Waals surface area contributed by atoms with Crippen molar-refractivity contribution in [3.8, 4) is 23.3 Å². The Bertz CT molecular complexity index is 2770. The standard InChI is InChI=1S/C39H21N3O2/c1-20-12-21(18-40)15-33-36(20)29-16-28-26-11-10-25-24-7-3-5-9-34(24)43-38(25)39(26)44-35(28)17-27(29)31-14-22(19-41)13-30-23-6-2-4-8-32(23)42(33)37(30)31/h2-17,20,36H,1H3. The minimum Gasteiger partial charge on any atom is -0.452 e. The van der Waals surface area contributed by atoms with Crippen molar-refractivity contribution in [2.45, 2.75) is 12.8 Å². The molecule has 10 rings (SSSR count). The summed E-state index contributed by atoms with van der Waals surface area (Å²) in [4.78, 5) is 0.